The van der Waals surface area contributed by atoms with Crippen LogP contribution in [0.4, 0.5) is 0 Å². The van der Waals surface area contributed by atoms with Crippen molar-refractivity contribution < 1.29 is 0 Å². The topological polar surface area (TPSA) is 15.3 Å². The quantitative estimate of drug-likeness (QED) is 0.816. The van der Waals surface area contributed by atoms with Gasteiger partial charge in [0.15, 0.2) is 0 Å². The van der Waals surface area contributed by atoms with Gasteiger partial charge in [0.05, 0.1) is 0 Å². The molecule has 1 N–H and O–H groups in total. The number of hydrogen-bond acceptors (Lipinski definition) is 2. The summed E-state index contributed by atoms with van der Waals surface area (Å²) in [6.07, 6.45) is 5.37. The highest BCUT2D eigenvalue weighted by molar-refractivity contribution is 5.14. The molecule has 2 rings (SSSR count). The van der Waals surface area contributed by atoms with Crippen molar-refractivity contribution in [2.24, 2.45) is 5.41 Å². The van der Waals surface area contributed by atoms with E-state index >= 15 is 0 Å². The second kappa shape index (κ2) is 7.80. The van der Waals surface area contributed by atoms with Crippen molar-refractivity contribution in [2.75, 3.05) is 26.2 Å². The summed E-state index contributed by atoms with van der Waals surface area (Å²) in [7, 11) is 0. The second-order valence-corrected chi connectivity index (χ2v) is 6.32. The zero-order valence-corrected chi connectivity index (χ0v) is 13.2. The van der Waals surface area contributed by atoms with E-state index in [4.69, 9.17) is 0 Å². The molecule has 0 aliphatic carbocycles. The molecule has 1 saturated heterocycles. The summed E-state index contributed by atoms with van der Waals surface area (Å²) < 4.78 is 0. The van der Waals surface area contributed by atoms with Crippen LogP contribution in [-0.2, 0) is 6.54 Å². The molecule has 112 valence electrons. The monoisotopic (exact) mass is 274 g/mol. The first-order valence-corrected chi connectivity index (χ1v) is 8.25. The molecule has 1 aromatic carbocycles. The third kappa shape index (κ3) is 4.32. The molecular weight excluding hydrogens is 244 g/mol. The van der Waals surface area contributed by atoms with Gasteiger partial charge in [-0.2, -0.15) is 0 Å². The molecule has 1 unspecified atom stereocenters. The summed E-state index contributed by atoms with van der Waals surface area (Å²) in [6, 6.07) is 10.9. The van der Waals surface area contributed by atoms with Gasteiger partial charge in [-0.05, 0) is 43.3 Å². The fraction of sp³-hybridized carbons (Fsp3) is 0.667. The third-order valence-electron chi connectivity index (χ3n) is 4.60. The van der Waals surface area contributed by atoms with Crippen molar-refractivity contribution in [1.29, 1.82) is 0 Å². The van der Waals surface area contributed by atoms with E-state index in [-0.39, 0.29) is 0 Å². The zero-order valence-electron chi connectivity index (χ0n) is 13.2. The summed E-state index contributed by atoms with van der Waals surface area (Å²) in [5, 5.41) is 3.63. The van der Waals surface area contributed by atoms with E-state index < -0.39 is 0 Å². The molecule has 1 aliphatic heterocycles. The van der Waals surface area contributed by atoms with E-state index in [1.807, 2.05) is 0 Å². The van der Waals surface area contributed by atoms with E-state index in [2.05, 4.69) is 54.4 Å². The summed E-state index contributed by atoms with van der Waals surface area (Å²) in [6.45, 7) is 10.5. The second-order valence-electron chi connectivity index (χ2n) is 6.32. The molecule has 0 radical (unpaired) electrons. The molecule has 1 aliphatic rings. The van der Waals surface area contributed by atoms with Crippen LogP contribution < -0.4 is 5.32 Å². The number of piperidine rings is 1. The molecule has 1 atom stereocenters. The smallest absolute Gasteiger partial charge is 0.0233 e. The molecule has 1 fully saturated rings. The Labute approximate surface area is 124 Å². The first-order valence-electron chi connectivity index (χ1n) is 8.25. The van der Waals surface area contributed by atoms with Gasteiger partial charge in [0.2, 0.25) is 0 Å². The Morgan fingerprint density at radius 3 is 2.60 bits per heavy atom. The average Bonchev–Trinajstić information content (AvgIpc) is 2.49. The van der Waals surface area contributed by atoms with Gasteiger partial charge in [0.1, 0.15) is 0 Å². The Balaban J connectivity index is 1.99. The Kier molecular flexibility index (Phi) is 6.06. The van der Waals surface area contributed by atoms with Crippen LogP contribution in [0.1, 0.15) is 45.1 Å². The van der Waals surface area contributed by atoms with Crippen LogP contribution in [0.2, 0.25) is 0 Å². The average molecular weight is 274 g/mol. The van der Waals surface area contributed by atoms with Gasteiger partial charge >= 0.3 is 0 Å². The molecule has 0 amide bonds. The zero-order chi connectivity index (χ0) is 14.3. The lowest BCUT2D eigenvalue weighted by Gasteiger charge is -2.41. The van der Waals surface area contributed by atoms with Crippen molar-refractivity contribution in [3.05, 3.63) is 35.9 Å². The lowest BCUT2D eigenvalue weighted by Crippen LogP contribution is -2.47. The predicted octanol–water partition coefficient (Wildman–Crippen LogP) is 3.68. The molecule has 1 aromatic rings. The number of nitrogens with zero attached hydrogens (tertiary/aromatic N) is 1. The number of nitrogens with one attached hydrogen (secondary N) is 1. The highest BCUT2D eigenvalue weighted by Crippen LogP contribution is 2.33. The Hall–Kier alpha value is -0.860. The Bertz CT molecular complexity index is 363. The SMILES string of the molecule is CCCC1(CN(CC)Cc2ccccc2)CCCNC1. The van der Waals surface area contributed by atoms with Crippen molar-refractivity contribution in [3.8, 4) is 0 Å². The summed E-state index contributed by atoms with van der Waals surface area (Å²) in [4.78, 5) is 2.62. The highest BCUT2D eigenvalue weighted by Gasteiger charge is 2.32. The van der Waals surface area contributed by atoms with E-state index in [1.54, 1.807) is 0 Å². The molecule has 0 spiro atoms. The first kappa shape index (κ1) is 15.5. The minimum Gasteiger partial charge on any atom is -0.316 e. The largest absolute Gasteiger partial charge is 0.316 e. The first-order chi connectivity index (χ1) is 9.78. The van der Waals surface area contributed by atoms with Gasteiger partial charge in [0, 0.05) is 19.6 Å². The van der Waals surface area contributed by atoms with E-state index in [0.29, 0.717) is 5.41 Å². The van der Waals surface area contributed by atoms with Crippen LogP contribution in [-0.4, -0.2) is 31.1 Å². The van der Waals surface area contributed by atoms with Crippen LogP contribution in [0.5, 0.6) is 0 Å². The minimum absolute atomic E-state index is 0.498. The van der Waals surface area contributed by atoms with E-state index in [1.165, 1.54) is 50.9 Å². The maximum atomic E-state index is 3.63. The van der Waals surface area contributed by atoms with Gasteiger partial charge in [-0.3, -0.25) is 4.90 Å². The van der Waals surface area contributed by atoms with Crippen LogP contribution in [0.15, 0.2) is 30.3 Å². The molecular formula is C18H30N2. The van der Waals surface area contributed by atoms with Gasteiger partial charge in [0.25, 0.3) is 0 Å². The van der Waals surface area contributed by atoms with Crippen molar-refractivity contribution >= 4 is 0 Å². The molecule has 20 heavy (non-hydrogen) atoms. The molecule has 0 saturated carbocycles. The fourth-order valence-electron chi connectivity index (χ4n) is 3.58. The number of hydrogen-bond donors (Lipinski definition) is 1. The summed E-state index contributed by atoms with van der Waals surface area (Å²) in [5.41, 5.74) is 1.93. The van der Waals surface area contributed by atoms with Crippen molar-refractivity contribution in [3.63, 3.8) is 0 Å². The Morgan fingerprint density at radius 2 is 2.00 bits per heavy atom. The van der Waals surface area contributed by atoms with Crippen LogP contribution in [0, 0.1) is 5.41 Å². The number of rotatable bonds is 7. The van der Waals surface area contributed by atoms with Gasteiger partial charge in [-0.25, -0.2) is 0 Å². The lowest BCUT2D eigenvalue weighted by molar-refractivity contribution is 0.105. The maximum Gasteiger partial charge on any atom is 0.0233 e. The third-order valence-corrected chi connectivity index (χ3v) is 4.60. The van der Waals surface area contributed by atoms with Gasteiger partial charge < -0.3 is 5.32 Å². The molecule has 0 aromatic heterocycles. The highest BCUT2D eigenvalue weighted by atomic mass is 15.1. The molecule has 2 heteroatoms. The van der Waals surface area contributed by atoms with E-state index in [9.17, 15) is 0 Å². The maximum absolute atomic E-state index is 3.63. The van der Waals surface area contributed by atoms with Gasteiger partial charge in [-0.1, -0.05) is 50.6 Å². The predicted molar refractivity (Wildman–Crippen MR) is 86.8 cm³/mol. The standard InChI is InChI=1S/C18H30N2/c1-3-11-18(12-8-13-19-15-18)16-20(4-2)14-17-9-6-5-7-10-17/h5-7,9-10,19H,3-4,8,11-16H2,1-2H3. The summed E-state index contributed by atoms with van der Waals surface area (Å²) in [5.74, 6) is 0. The molecule has 2 nitrogen and oxygen atoms in total. The molecule has 1 heterocycles. The normalized spacial score (nSPS) is 23.1. The van der Waals surface area contributed by atoms with Crippen LogP contribution in [0.25, 0.3) is 0 Å². The van der Waals surface area contributed by atoms with Crippen molar-refractivity contribution in [1.82, 2.24) is 10.2 Å². The number of benzene rings is 1. The fourth-order valence-corrected chi connectivity index (χ4v) is 3.58. The minimum atomic E-state index is 0.498. The van der Waals surface area contributed by atoms with Gasteiger partial charge in [-0.15, -0.1) is 0 Å². The van der Waals surface area contributed by atoms with E-state index in [0.717, 1.165) is 13.1 Å². The lowest BCUT2D eigenvalue weighted by atomic mass is 9.76. The van der Waals surface area contributed by atoms with Crippen molar-refractivity contribution in [2.45, 2.75) is 46.1 Å². The Morgan fingerprint density at radius 1 is 1.20 bits per heavy atom. The van der Waals surface area contributed by atoms with Crippen LogP contribution in [0.3, 0.4) is 0 Å². The summed E-state index contributed by atoms with van der Waals surface area (Å²) >= 11 is 0. The van der Waals surface area contributed by atoms with Crippen LogP contribution >= 0.6 is 0 Å². The molecule has 0 bridgehead atoms.